The van der Waals surface area contributed by atoms with E-state index >= 15 is 0 Å². The summed E-state index contributed by atoms with van der Waals surface area (Å²) < 4.78 is 41.7. The molecule has 0 saturated carbocycles. The van der Waals surface area contributed by atoms with Crippen LogP contribution in [0.25, 0.3) is 11.4 Å². The Kier molecular flexibility index (Phi) is 4.66. The molecule has 4 rings (SSSR count). The molecule has 0 radical (unpaired) electrons. The van der Waals surface area contributed by atoms with Gasteiger partial charge in [0.2, 0.25) is 0 Å². The molecule has 1 fully saturated rings. The lowest BCUT2D eigenvalue weighted by Crippen LogP contribution is -2.26. The number of hydrogen-bond acceptors (Lipinski definition) is 5. The highest BCUT2D eigenvalue weighted by Gasteiger charge is 2.34. The summed E-state index contributed by atoms with van der Waals surface area (Å²) in [5, 5.41) is 7.31. The van der Waals surface area contributed by atoms with E-state index in [4.69, 9.17) is 0 Å². The lowest BCUT2D eigenvalue weighted by atomic mass is 10.2. The highest BCUT2D eigenvalue weighted by atomic mass is 19.4. The second kappa shape index (κ2) is 7.14. The predicted octanol–water partition coefficient (Wildman–Crippen LogP) is 3.59. The third-order valence-electron chi connectivity index (χ3n) is 4.65. The fourth-order valence-corrected chi connectivity index (χ4v) is 3.28. The number of nitrogens with zero attached hydrogens (tertiary/aromatic N) is 5. The van der Waals surface area contributed by atoms with Crippen LogP contribution in [0.3, 0.4) is 0 Å². The Labute approximate surface area is 160 Å². The lowest BCUT2D eigenvalue weighted by molar-refractivity contribution is -0.141. The van der Waals surface area contributed by atoms with Crippen LogP contribution in [0.5, 0.6) is 0 Å². The zero-order chi connectivity index (χ0) is 19.7. The number of aromatic nitrogens is 4. The molecule has 0 aliphatic carbocycles. The molecule has 6 nitrogen and oxygen atoms in total. The van der Waals surface area contributed by atoms with Crippen LogP contribution in [-0.4, -0.2) is 38.9 Å². The van der Waals surface area contributed by atoms with Gasteiger partial charge in [-0.25, -0.2) is 9.97 Å². The normalized spacial score (nSPS) is 17.1. The maximum Gasteiger partial charge on any atom is 0.433 e. The van der Waals surface area contributed by atoms with Crippen LogP contribution in [0.15, 0.2) is 48.8 Å². The van der Waals surface area contributed by atoms with Gasteiger partial charge in [0.25, 0.3) is 0 Å². The van der Waals surface area contributed by atoms with Crippen LogP contribution >= 0.6 is 0 Å². The molecular weight excluding hydrogens is 369 g/mol. The van der Waals surface area contributed by atoms with E-state index < -0.39 is 11.9 Å². The highest BCUT2D eigenvalue weighted by Crippen LogP contribution is 2.31. The van der Waals surface area contributed by atoms with E-state index in [-0.39, 0.29) is 17.7 Å². The van der Waals surface area contributed by atoms with Crippen molar-refractivity contribution in [1.82, 2.24) is 19.7 Å². The SMILES string of the molecule is Cn1cc(N2CCC(Nc3cc(C(F)(F)F)nc(-c4ccccc4)n3)C2)cn1. The number of rotatable bonds is 4. The topological polar surface area (TPSA) is 58.9 Å². The Morgan fingerprint density at radius 3 is 2.61 bits per heavy atom. The summed E-state index contributed by atoms with van der Waals surface area (Å²) in [6, 6.07) is 9.63. The first-order valence-electron chi connectivity index (χ1n) is 8.90. The molecule has 146 valence electrons. The highest BCUT2D eigenvalue weighted by molar-refractivity contribution is 5.58. The van der Waals surface area contributed by atoms with Crippen LogP contribution < -0.4 is 10.2 Å². The summed E-state index contributed by atoms with van der Waals surface area (Å²) >= 11 is 0. The largest absolute Gasteiger partial charge is 0.433 e. The van der Waals surface area contributed by atoms with Crippen molar-refractivity contribution < 1.29 is 13.2 Å². The van der Waals surface area contributed by atoms with E-state index in [1.165, 1.54) is 0 Å². The fourth-order valence-electron chi connectivity index (χ4n) is 3.28. The van der Waals surface area contributed by atoms with Crippen LogP contribution in [-0.2, 0) is 13.2 Å². The molecule has 0 amide bonds. The third kappa shape index (κ3) is 3.92. The van der Waals surface area contributed by atoms with E-state index in [0.29, 0.717) is 12.1 Å². The monoisotopic (exact) mass is 388 g/mol. The Hall–Kier alpha value is -3.10. The van der Waals surface area contributed by atoms with Crippen molar-refractivity contribution in [2.75, 3.05) is 23.3 Å². The van der Waals surface area contributed by atoms with Crippen LogP contribution in [0.2, 0.25) is 0 Å². The zero-order valence-electron chi connectivity index (χ0n) is 15.2. The number of aryl methyl sites for hydroxylation is 1. The van der Waals surface area contributed by atoms with Gasteiger partial charge in [-0.15, -0.1) is 0 Å². The Morgan fingerprint density at radius 2 is 1.93 bits per heavy atom. The molecule has 2 aromatic heterocycles. The van der Waals surface area contributed by atoms with Crippen molar-refractivity contribution in [2.24, 2.45) is 7.05 Å². The van der Waals surface area contributed by atoms with Gasteiger partial charge in [-0.1, -0.05) is 30.3 Å². The van der Waals surface area contributed by atoms with Gasteiger partial charge < -0.3 is 10.2 Å². The van der Waals surface area contributed by atoms with E-state index in [1.54, 1.807) is 41.2 Å². The molecular formula is C19H19F3N6. The number of anilines is 2. The second-order valence-electron chi connectivity index (χ2n) is 6.77. The summed E-state index contributed by atoms with van der Waals surface area (Å²) in [6.07, 6.45) is -0.0497. The van der Waals surface area contributed by atoms with Gasteiger partial charge >= 0.3 is 6.18 Å². The van der Waals surface area contributed by atoms with Gasteiger partial charge in [-0.2, -0.15) is 18.3 Å². The first kappa shape index (κ1) is 18.3. The molecule has 1 atom stereocenters. The molecule has 1 aromatic carbocycles. The predicted molar refractivity (Wildman–Crippen MR) is 99.9 cm³/mol. The fraction of sp³-hybridized carbons (Fsp3) is 0.316. The number of halogens is 3. The minimum Gasteiger partial charge on any atom is -0.367 e. The average Bonchev–Trinajstić information content (AvgIpc) is 3.30. The molecule has 9 heteroatoms. The molecule has 1 N–H and O–H groups in total. The summed E-state index contributed by atoms with van der Waals surface area (Å²) in [5.41, 5.74) is 0.585. The first-order valence-corrected chi connectivity index (χ1v) is 8.90. The van der Waals surface area contributed by atoms with Crippen LogP contribution in [0.4, 0.5) is 24.7 Å². The van der Waals surface area contributed by atoms with Crippen molar-refractivity contribution in [3.05, 3.63) is 54.5 Å². The van der Waals surface area contributed by atoms with Crippen molar-refractivity contribution in [3.63, 3.8) is 0 Å². The van der Waals surface area contributed by atoms with E-state index in [2.05, 4.69) is 25.3 Å². The van der Waals surface area contributed by atoms with Crippen molar-refractivity contribution in [2.45, 2.75) is 18.6 Å². The molecule has 1 saturated heterocycles. The summed E-state index contributed by atoms with van der Waals surface area (Å²) in [4.78, 5) is 10.2. The van der Waals surface area contributed by atoms with Crippen molar-refractivity contribution in [3.8, 4) is 11.4 Å². The summed E-state index contributed by atoms with van der Waals surface area (Å²) in [7, 11) is 1.85. The molecule has 1 unspecified atom stereocenters. The van der Waals surface area contributed by atoms with Crippen molar-refractivity contribution in [1.29, 1.82) is 0 Å². The van der Waals surface area contributed by atoms with Gasteiger partial charge in [0.15, 0.2) is 11.5 Å². The minimum atomic E-state index is -4.54. The van der Waals surface area contributed by atoms with Crippen molar-refractivity contribution >= 4 is 11.5 Å². The molecule has 1 aliphatic heterocycles. The Balaban J connectivity index is 1.57. The maximum atomic E-state index is 13.3. The van der Waals surface area contributed by atoms with Crippen LogP contribution in [0.1, 0.15) is 12.1 Å². The van der Waals surface area contributed by atoms with Gasteiger partial charge in [-0.3, -0.25) is 4.68 Å². The van der Waals surface area contributed by atoms with Gasteiger partial charge in [0, 0.05) is 44.0 Å². The van der Waals surface area contributed by atoms with E-state index in [9.17, 15) is 13.2 Å². The van der Waals surface area contributed by atoms with Crippen LogP contribution in [0, 0.1) is 0 Å². The molecule has 3 aromatic rings. The Bertz CT molecular complexity index is 954. The zero-order valence-corrected chi connectivity index (χ0v) is 15.2. The molecule has 3 heterocycles. The lowest BCUT2D eigenvalue weighted by Gasteiger charge is -2.18. The van der Waals surface area contributed by atoms with E-state index in [0.717, 1.165) is 24.7 Å². The molecule has 0 bridgehead atoms. The summed E-state index contributed by atoms with van der Waals surface area (Å²) in [5.74, 6) is 0.235. The standard InChI is InChI=1S/C19H19F3N6/c1-27-12-15(10-23-27)28-8-7-14(11-28)24-17-9-16(19(20,21)22)25-18(26-17)13-5-3-2-4-6-13/h2-6,9-10,12,14H,7-8,11H2,1H3,(H,24,25,26). The Morgan fingerprint density at radius 1 is 1.14 bits per heavy atom. The van der Waals surface area contributed by atoms with Gasteiger partial charge in [0.1, 0.15) is 5.82 Å². The molecule has 1 aliphatic rings. The number of nitrogens with one attached hydrogen (secondary N) is 1. The average molecular weight is 388 g/mol. The molecule has 0 spiro atoms. The third-order valence-corrected chi connectivity index (χ3v) is 4.65. The summed E-state index contributed by atoms with van der Waals surface area (Å²) in [6.45, 7) is 1.46. The number of benzene rings is 1. The smallest absolute Gasteiger partial charge is 0.367 e. The number of hydrogen-bond donors (Lipinski definition) is 1. The first-order chi connectivity index (χ1) is 13.4. The van der Waals surface area contributed by atoms with Gasteiger partial charge in [-0.05, 0) is 6.42 Å². The number of alkyl halides is 3. The maximum absolute atomic E-state index is 13.3. The second-order valence-corrected chi connectivity index (χ2v) is 6.77. The quantitative estimate of drug-likeness (QED) is 0.740. The van der Waals surface area contributed by atoms with Gasteiger partial charge in [0.05, 0.1) is 11.9 Å². The molecule has 28 heavy (non-hydrogen) atoms. The van der Waals surface area contributed by atoms with E-state index in [1.807, 2.05) is 13.2 Å². The minimum absolute atomic E-state index is 0.0141.